The Bertz CT molecular complexity index is 367. The summed E-state index contributed by atoms with van der Waals surface area (Å²) < 4.78 is 28.4. The van der Waals surface area contributed by atoms with Crippen LogP contribution in [-0.2, 0) is 11.3 Å². The minimum Gasteiger partial charge on any atom is -0.374 e. The number of nitrogens with one attached hydrogen (secondary N) is 1. The van der Waals surface area contributed by atoms with Crippen LogP contribution >= 0.6 is 0 Å². The van der Waals surface area contributed by atoms with Gasteiger partial charge in [-0.05, 0) is 29.9 Å². The Hall–Kier alpha value is -1.00. The Labute approximate surface area is 106 Å². The van der Waals surface area contributed by atoms with Gasteiger partial charge in [0.25, 0.3) is 6.43 Å². The highest BCUT2D eigenvalue weighted by molar-refractivity contribution is 5.28. The van der Waals surface area contributed by atoms with Gasteiger partial charge in [0.1, 0.15) is 6.61 Å². The van der Waals surface area contributed by atoms with Gasteiger partial charge in [0.05, 0.1) is 6.61 Å². The third-order valence-electron chi connectivity index (χ3n) is 3.00. The van der Waals surface area contributed by atoms with E-state index >= 15 is 0 Å². The molecule has 0 saturated heterocycles. The molecule has 1 fully saturated rings. The molecule has 1 N–H and O–H groups in total. The smallest absolute Gasteiger partial charge is 0.261 e. The maximum absolute atomic E-state index is 11.8. The van der Waals surface area contributed by atoms with Gasteiger partial charge >= 0.3 is 0 Å². The van der Waals surface area contributed by atoms with Crippen LogP contribution in [0.2, 0.25) is 0 Å². The molecule has 0 bridgehead atoms. The first-order valence-electron chi connectivity index (χ1n) is 6.41. The van der Waals surface area contributed by atoms with Gasteiger partial charge in [-0.1, -0.05) is 24.3 Å². The Morgan fingerprint density at radius 3 is 2.89 bits per heavy atom. The number of benzene rings is 1. The molecule has 0 amide bonds. The van der Waals surface area contributed by atoms with E-state index in [2.05, 4.69) is 29.6 Å². The topological polar surface area (TPSA) is 21.3 Å². The fraction of sp³-hybridized carbons (Fsp3) is 0.571. The van der Waals surface area contributed by atoms with E-state index in [1.807, 2.05) is 0 Å². The van der Waals surface area contributed by atoms with E-state index < -0.39 is 13.0 Å². The zero-order valence-corrected chi connectivity index (χ0v) is 10.4. The normalized spacial score (nSPS) is 15.3. The Morgan fingerprint density at radius 2 is 2.17 bits per heavy atom. The van der Waals surface area contributed by atoms with Crippen LogP contribution in [0.3, 0.4) is 0 Å². The van der Waals surface area contributed by atoms with Crippen LogP contribution < -0.4 is 5.32 Å². The number of hydrogen-bond donors (Lipinski definition) is 1. The van der Waals surface area contributed by atoms with Crippen molar-refractivity contribution < 1.29 is 13.5 Å². The minimum absolute atomic E-state index is 0.326. The molecule has 0 spiro atoms. The van der Waals surface area contributed by atoms with E-state index in [0.29, 0.717) is 13.2 Å². The van der Waals surface area contributed by atoms with Crippen LogP contribution in [0.25, 0.3) is 0 Å². The Balaban J connectivity index is 1.62. The van der Waals surface area contributed by atoms with E-state index in [1.54, 1.807) is 0 Å². The lowest BCUT2D eigenvalue weighted by molar-refractivity contribution is 0.0187. The monoisotopic (exact) mass is 255 g/mol. The zero-order chi connectivity index (χ0) is 12.8. The van der Waals surface area contributed by atoms with E-state index in [-0.39, 0.29) is 0 Å². The van der Waals surface area contributed by atoms with Crippen LogP contribution in [-0.4, -0.2) is 26.2 Å². The van der Waals surface area contributed by atoms with E-state index in [1.165, 1.54) is 24.0 Å². The summed E-state index contributed by atoms with van der Waals surface area (Å²) >= 11 is 0. The second kappa shape index (κ2) is 6.81. The first kappa shape index (κ1) is 13.4. The number of ether oxygens (including phenoxy) is 1. The molecule has 1 saturated carbocycles. The lowest BCUT2D eigenvalue weighted by Gasteiger charge is -2.07. The third-order valence-corrected chi connectivity index (χ3v) is 3.00. The van der Waals surface area contributed by atoms with Crippen LogP contribution in [0.4, 0.5) is 8.78 Å². The van der Waals surface area contributed by atoms with Gasteiger partial charge in [0, 0.05) is 13.1 Å². The van der Waals surface area contributed by atoms with E-state index in [0.717, 1.165) is 12.5 Å². The highest BCUT2D eigenvalue weighted by atomic mass is 19.3. The highest BCUT2D eigenvalue weighted by Crippen LogP contribution is 2.40. The average Bonchev–Trinajstić information content (AvgIpc) is 3.18. The first-order chi connectivity index (χ1) is 8.75. The van der Waals surface area contributed by atoms with Gasteiger partial charge in [-0.25, -0.2) is 8.78 Å². The predicted molar refractivity (Wildman–Crippen MR) is 66.9 cm³/mol. The molecule has 1 aromatic rings. The summed E-state index contributed by atoms with van der Waals surface area (Å²) in [5.41, 5.74) is 2.66. The summed E-state index contributed by atoms with van der Waals surface area (Å²) in [6.45, 7) is 1.21. The van der Waals surface area contributed by atoms with Crippen molar-refractivity contribution in [2.45, 2.75) is 31.7 Å². The Morgan fingerprint density at radius 1 is 1.33 bits per heavy atom. The number of hydrogen-bond acceptors (Lipinski definition) is 2. The molecule has 0 heterocycles. The molecule has 0 aromatic heterocycles. The molecule has 100 valence electrons. The van der Waals surface area contributed by atoms with Gasteiger partial charge in [-0.2, -0.15) is 0 Å². The van der Waals surface area contributed by atoms with Gasteiger partial charge in [0.15, 0.2) is 0 Å². The molecule has 0 radical (unpaired) electrons. The summed E-state index contributed by atoms with van der Waals surface area (Å²) in [5.74, 6) is 0.763. The van der Waals surface area contributed by atoms with Crippen molar-refractivity contribution in [3.8, 4) is 0 Å². The summed E-state index contributed by atoms with van der Waals surface area (Å²) in [6, 6.07) is 8.56. The lowest BCUT2D eigenvalue weighted by Crippen LogP contribution is -2.20. The molecule has 18 heavy (non-hydrogen) atoms. The van der Waals surface area contributed by atoms with Crippen molar-refractivity contribution in [2.24, 2.45) is 0 Å². The van der Waals surface area contributed by atoms with Crippen molar-refractivity contribution in [3.05, 3.63) is 35.4 Å². The van der Waals surface area contributed by atoms with Crippen LogP contribution in [0.5, 0.6) is 0 Å². The number of halogens is 2. The maximum Gasteiger partial charge on any atom is 0.261 e. The predicted octanol–water partition coefficient (Wildman–Crippen LogP) is 2.94. The molecular formula is C14H19F2NO. The molecule has 1 aliphatic carbocycles. The van der Waals surface area contributed by atoms with Gasteiger partial charge in [-0.15, -0.1) is 0 Å². The molecule has 0 aliphatic heterocycles. The fourth-order valence-corrected chi connectivity index (χ4v) is 1.92. The molecule has 1 aromatic carbocycles. The van der Waals surface area contributed by atoms with Gasteiger partial charge in [-0.3, -0.25) is 0 Å². The molecule has 0 atom stereocenters. The maximum atomic E-state index is 11.8. The van der Waals surface area contributed by atoms with Crippen LogP contribution in [0.1, 0.15) is 29.9 Å². The molecule has 0 unspecified atom stereocenters. The zero-order valence-electron chi connectivity index (χ0n) is 10.4. The lowest BCUT2D eigenvalue weighted by atomic mass is 10.1. The minimum atomic E-state index is -2.37. The summed E-state index contributed by atoms with van der Waals surface area (Å²) in [7, 11) is 0. The van der Waals surface area contributed by atoms with Crippen LogP contribution in [0.15, 0.2) is 24.3 Å². The van der Waals surface area contributed by atoms with Crippen molar-refractivity contribution in [2.75, 3.05) is 19.8 Å². The van der Waals surface area contributed by atoms with Gasteiger partial charge in [0.2, 0.25) is 0 Å². The summed E-state index contributed by atoms with van der Waals surface area (Å²) in [6.07, 6.45) is 0.233. The standard InChI is InChI=1S/C14H19F2NO/c15-14(16)10-18-7-6-17-9-11-2-1-3-13(8-11)12-4-5-12/h1-3,8,12,14,17H,4-7,9-10H2. The first-order valence-corrected chi connectivity index (χ1v) is 6.41. The fourth-order valence-electron chi connectivity index (χ4n) is 1.92. The quantitative estimate of drug-likeness (QED) is 0.721. The third kappa shape index (κ3) is 4.70. The molecular weight excluding hydrogens is 236 g/mol. The second-order valence-corrected chi connectivity index (χ2v) is 4.66. The molecule has 2 nitrogen and oxygen atoms in total. The van der Waals surface area contributed by atoms with E-state index in [4.69, 9.17) is 4.74 Å². The highest BCUT2D eigenvalue weighted by Gasteiger charge is 2.23. The Kier molecular flexibility index (Phi) is 5.08. The molecule has 2 rings (SSSR count). The van der Waals surface area contributed by atoms with Crippen molar-refractivity contribution in [1.82, 2.24) is 5.32 Å². The SMILES string of the molecule is FC(F)COCCNCc1cccc(C2CC2)c1. The summed E-state index contributed by atoms with van der Waals surface area (Å²) in [4.78, 5) is 0. The van der Waals surface area contributed by atoms with E-state index in [9.17, 15) is 8.78 Å². The van der Waals surface area contributed by atoms with Crippen molar-refractivity contribution >= 4 is 0 Å². The number of alkyl halides is 2. The van der Waals surface area contributed by atoms with Crippen molar-refractivity contribution in [3.63, 3.8) is 0 Å². The van der Waals surface area contributed by atoms with Crippen LogP contribution in [0, 0.1) is 0 Å². The molecule has 4 heteroatoms. The van der Waals surface area contributed by atoms with Crippen molar-refractivity contribution in [1.29, 1.82) is 0 Å². The summed E-state index contributed by atoms with van der Waals surface area (Å²) in [5, 5.41) is 3.19. The number of rotatable bonds is 8. The molecule has 1 aliphatic rings. The second-order valence-electron chi connectivity index (χ2n) is 4.66. The van der Waals surface area contributed by atoms with Gasteiger partial charge < -0.3 is 10.1 Å². The average molecular weight is 255 g/mol. The largest absolute Gasteiger partial charge is 0.374 e.